The minimum Gasteiger partial charge on any atom is -0.479 e. The number of aliphatic carboxylic acids is 1. The van der Waals surface area contributed by atoms with Crippen molar-refractivity contribution in [2.45, 2.75) is 58.2 Å². The smallest absolute Gasteiger partial charge is 0.329 e. The molecule has 0 unspecified atom stereocenters. The Bertz CT molecular complexity index is 1330. The lowest BCUT2D eigenvalue weighted by molar-refractivity contribution is -0.145. The molecule has 0 saturated carbocycles. The number of hydrogen-bond donors (Lipinski definition) is 3. The van der Waals surface area contributed by atoms with E-state index in [1.54, 1.807) is 18.6 Å². The van der Waals surface area contributed by atoms with E-state index in [0.29, 0.717) is 17.1 Å². The standard InChI is InChI=1S/C28H32N4O3S/c1-6-28(26(34)35,32-23-22(36-17(2)3)24(33)27(23,4)5)15-18-7-9-20(10-8-18)31-25-21-16-29-13-11-19(21)12-14-30-25/h7-14,16-17,32H,6,15H2,1-5H3,(H,30,31)(H,34,35)/t28-/m0/s1. The van der Waals surface area contributed by atoms with E-state index in [0.717, 1.165) is 27.7 Å². The van der Waals surface area contributed by atoms with E-state index in [-0.39, 0.29) is 17.5 Å². The van der Waals surface area contributed by atoms with Gasteiger partial charge in [0.25, 0.3) is 0 Å². The van der Waals surface area contributed by atoms with Crippen LogP contribution in [0.15, 0.2) is 65.6 Å². The van der Waals surface area contributed by atoms with Crippen LogP contribution in [0.4, 0.5) is 11.5 Å². The summed E-state index contributed by atoms with van der Waals surface area (Å²) in [5, 5.41) is 19.1. The van der Waals surface area contributed by atoms with Crippen molar-refractivity contribution < 1.29 is 14.7 Å². The van der Waals surface area contributed by atoms with Gasteiger partial charge in [-0.1, -0.05) is 32.9 Å². The van der Waals surface area contributed by atoms with E-state index in [9.17, 15) is 14.7 Å². The summed E-state index contributed by atoms with van der Waals surface area (Å²) in [5.41, 5.74) is 0.503. The van der Waals surface area contributed by atoms with Gasteiger partial charge in [-0.2, -0.15) is 0 Å². The Morgan fingerprint density at radius 3 is 2.47 bits per heavy atom. The fraction of sp³-hybridized carbons (Fsp3) is 0.357. The lowest BCUT2D eigenvalue weighted by Crippen LogP contribution is -2.58. The average Bonchev–Trinajstić information content (AvgIpc) is 2.86. The number of carbonyl (C=O) groups is 2. The van der Waals surface area contributed by atoms with Gasteiger partial charge in [0.05, 0.1) is 10.3 Å². The second-order valence-electron chi connectivity index (χ2n) is 9.95. The van der Waals surface area contributed by atoms with Crippen molar-refractivity contribution in [3.63, 3.8) is 0 Å². The Hall–Kier alpha value is -3.39. The van der Waals surface area contributed by atoms with Gasteiger partial charge in [0.15, 0.2) is 5.78 Å². The third kappa shape index (κ3) is 4.82. The third-order valence-corrected chi connectivity index (χ3v) is 7.74. The molecule has 3 N–H and O–H groups in total. The minimum atomic E-state index is -1.23. The van der Waals surface area contributed by atoms with Crippen LogP contribution in [0.3, 0.4) is 0 Å². The molecule has 0 fully saturated rings. The molecular formula is C28H32N4O3S. The number of ketones is 1. The maximum absolute atomic E-state index is 12.7. The lowest BCUT2D eigenvalue weighted by atomic mass is 9.73. The summed E-state index contributed by atoms with van der Waals surface area (Å²) in [5.74, 6) is -0.162. The van der Waals surface area contributed by atoms with E-state index in [2.05, 4.69) is 20.6 Å². The Morgan fingerprint density at radius 1 is 1.14 bits per heavy atom. The van der Waals surface area contributed by atoms with Gasteiger partial charge in [-0.05, 0) is 55.5 Å². The molecule has 2 heterocycles. The number of nitrogens with zero attached hydrogens (tertiary/aromatic N) is 2. The highest BCUT2D eigenvalue weighted by molar-refractivity contribution is 8.04. The Labute approximate surface area is 215 Å². The normalized spacial score (nSPS) is 16.6. The number of allylic oxidation sites excluding steroid dienone is 2. The summed E-state index contributed by atoms with van der Waals surface area (Å²) in [6.45, 7) is 9.61. The predicted octanol–water partition coefficient (Wildman–Crippen LogP) is 5.70. The summed E-state index contributed by atoms with van der Waals surface area (Å²) in [7, 11) is 0. The SMILES string of the molecule is CC[C@@](Cc1ccc(Nc2nccc3ccncc23)cc1)(NC1=C(SC(C)C)C(=O)C1(C)C)C(=O)O. The first kappa shape index (κ1) is 25.7. The van der Waals surface area contributed by atoms with Gasteiger partial charge in [-0.15, -0.1) is 11.8 Å². The van der Waals surface area contributed by atoms with Crippen LogP contribution in [0.5, 0.6) is 0 Å². The molecule has 7 nitrogen and oxygen atoms in total. The quantitative estimate of drug-likeness (QED) is 0.323. The van der Waals surface area contributed by atoms with E-state index in [1.807, 2.05) is 71.0 Å². The number of pyridine rings is 2. The van der Waals surface area contributed by atoms with Crippen LogP contribution in [0.2, 0.25) is 0 Å². The molecule has 3 aromatic rings. The molecule has 2 aromatic heterocycles. The highest BCUT2D eigenvalue weighted by Gasteiger charge is 2.51. The Kier molecular flexibility index (Phi) is 7.09. The fourth-order valence-electron chi connectivity index (χ4n) is 4.37. The molecule has 0 radical (unpaired) electrons. The molecular weight excluding hydrogens is 472 g/mol. The molecule has 1 aliphatic rings. The Balaban J connectivity index is 1.57. The number of benzene rings is 1. The minimum absolute atomic E-state index is 0.0618. The lowest BCUT2D eigenvalue weighted by Gasteiger charge is -2.44. The monoisotopic (exact) mass is 504 g/mol. The van der Waals surface area contributed by atoms with Crippen molar-refractivity contribution >= 4 is 45.8 Å². The second kappa shape index (κ2) is 9.93. The number of carbonyl (C=O) groups excluding carboxylic acids is 1. The van der Waals surface area contributed by atoms with Crippen LogP contribution in [0, 0.1) is 5.41 Å². The van der Waals surface area contributed by atoms with Gasteiger partial charge >= 0.3 is 5.97 Å². The van der Waals surface area contributed by atoms with E-state index < -0.39 is 16.9 Å². The largest absolute Gasteiger partial charge is 0.479 e. The van der Waals surface area contributed by atoms with Crippen molar-refractivity contribution in [1.82, 2.24) is 15.3 Å². The number of hydrogen-bond acceptors (Lipinski definition) is 7. The maximum atomic E-state index is 12.7. The van der Waals surface area contributed by atoms with Crippen LogP contribution in [0.25, 0.3) is 10.8 Å². The molecule has 0 aliphatic heterocycles. The molecule has 1 aromatic carbocycles. The van der Waals surface area contributed by atoms with Gasteiger partial charge in [0.1, 0.15) is 11.4 Å². The highest BCUT2D eigenvalue weighted by atomic mass is 32.2. The molecule has 0 bridgehead atoms. The molecule has 36 heavy (non-hydrogen) atoms. The predicted molar refractivity (Wildman–Crippen MR) is 145 cm³/mol. The van der Waals surface area contributed by atoms with E-state index in [1.165, 1.54) is 11.8 Å². The highest BCUT2D eigenvalue weighted by Crippen LogP contribution is 2.48. The van der Waals surface area contributed by atoms with Gasteiger partial charge < -0.3 is 15.7 Å². The van der Waals surface area contributed by atoms with Crippen LogP contribution in [-0.2, 0) is 16.0 Å². The summed E-state index contributed by atoms with van der Waals surface area (Å²) < 4.78 is 0. The summed E-state index contributed by atoms with van der Waals surface area (Å²) in [6, 6.07) is 11.6. The summed E-state index contributed by atoms with van der Waals surface area (Å²) in [6.07, 6.45) is 5.92. The fourth-order valence-corrected chi connectivity index (χ4v) is 5.63. The van der Waals surface area contributed by atoms with Gasteiger partial charge in [0.2, 0.25) is 0 Å². The average molecular weight is 505 g/mol. The van der Waals surface area contributed by atoms with Crippen LogP contribution >= 0.6 is 11.8 Å². The number of Topliss-reactive ketones (excluding diaryl/α,β-unsaturated/α-hetero) is 1. The third-order valence-electron chi connectivity index (χ3n) is 6.65. The van der Waals surface area contributed by atoms with Crippen molar-refractivity contribution in [2.24, 2.45) is 5.41 Å². The number of fused-ring (bicyclic) bond motifs is 1. The second-order valence-corrected chi connectivity index (χ2v) is 11.5. The number of nitrogens with one attached hydrogen (secondary N) is 2. The first-order valence-corrected chi connectivity index (χ1v) is 13.0. The molecule has 0 saturated heterocycles. The van der Waals surface area contributed by atoms with Crippen molar-refractivity contribution in [3.05, 3.63) is 71.2 Å². The molecule has 8 heteroatoms. The van der Waals surface area contributed by atoms with E-state index in [4.69, 9.17) is 0 Å². The van der Waals surface area contributed by atoms with Crippen LogP contribution in [0.1, 0.15) is 46.6 Å². The molecule has 188 valence electrons. The molecule has 4 rings (SSSR count). The molecule has 0 spiro atoms. The number of aromatic nitrogens is 2. The zero-order valence-corrected chi connectivity index (χ0v) is 22.1. The Morgan fingerprint density at radius 2 is 1.83 bits per heavy atom. The van der Waals surface area contributed by atoms with E-state index >= 15 is 0 Å². The number of anilines is 2. The number of rotatable bonds is 10. The topological polar surface area (TPSA) is 104 Å². The zero-order valence-electron chi connectivity index (χ0n) is 21.3. The van der Waals surface area contributed by atoms with Crippen molar-refractivity contribution in [1.29, 1.82) is 0 Å². The van der Waals surface area contributed by atoms with Crippen LogP contribution < -0.4 is 10.6 Å². The van der Waals surface area contributed by atoms with Gasteiger partial charge in [-0.25, -0.2) is 9.78 Å². The molecule has 1 atom stereocenters. The maximum Gasteiger partial charge on any atom is 0.329 e. The van der Waals surface area contributed by atoms with Crippen molar-refractivity contribution in [2.75, 3.05) is 5.32 Å². The van der Waals surface area contributed by atoms with Crippen LogP contribution in [-0.4, -0.2) is 37.6 Å². The number of carboxylic acids is 1. The number of carboxylic acid groups (broad SMARTS) is 1. The zero-order chi connectivity index (χ0) is 26.1. The molecule has 0 amide bonds. The molecule has 1 aliphatic carbocycles. The first-order chi connectivity index (χ1) is 17.1. The van der Waals surface area contributed by atoms with Gasteiger partial charge in [-0.3, -0.25) is 9.78 Å². The van der Waals surface area contributed by atoms with Gasteiger partial charge in [0, 0.05) is 47.0 Å². The summed E-state index contributed by atoms with van der Waals surface area (Å²) in [4.78, 5) is 34.6. The first-order valence-electron chi connectivity index (χ1n) is 12.1. The summed E-state index contributed by atoms with van der Waals surface area (Å²) >= 11 is 1.49. The van der Waals surface area contributed by atoms with Crippen molar-refractivity contribution in [3.8, 4) is 0 Å². The number of thioether (sulfide) groups is 1.